The van der Waals surface area contributed by atoms with E-state index < -0.39 is 0 Å². The molecule has 0 fully saturated rings. The Bertz CT molecular complexity index is 918. The van der Waals surface area contributed by atoms with Crippen molar-refractivity contribution in [1.82, 2.24) is 9.78 Å². The zero-order valence-corrected chi connectivity index (χ0v) is 15.2. The quantitative estimate of drug-likeness (QED) is 0.667. The largest absolute Gasteiger partial charge is 0.497 e. The van der Waals surface area contributed by atoms with Gasteiger partial charge in [-0.3, -0.25) is 0 Å². The molecule has 1 heterocycles. The Balaban J connectivity index is 1.97. The minimum absolute atomic E-state index is 0.675. The van der Waals surface area contributed by atoms with Crippen molar-refractivity contribution < 1.29 is 9.47 Å². The lowest BCUT2D eigenvalue weighted by molar-refractivity contribution is 0.405. The molecule has 0 atom stereocenters. The smallest absolute Gasteiger partial charge is 0.209 e. The monoisotopic (exact) mass is 359 g/mol. The molecule has 0 aliphatic rings. The van der Waals surface area contributed by atoms with Gasteiger partial charge >= 0.3 is 0 Å². The van der Waals surface area contributed by atoms with Crippen molar-refractivity contribution in [2.24, 2.45) is 0 Å². The summed E-state index contributed by atoms with van der Waals surface area (Å²) >= 11 is 6.87. The van der Waals surface area contributed by atoms with Crippen molar-refractivity contribution >= 4 is 34.4 Å². The number of aryl methyl sites for hydroxylation is 1. The highest BCUT2D eigenvalue weighted by molar-refractivity contribution is 7.73. The van der Waals surface area contributed by atoms with Gasteiger partial charge in [0.25, 0.3) is 0 Å². The molecule has 5 nitrogen and oxygen atoms in total. The first kappa shape index (κ1) is 16.5. The number of ether oxygens (including phenoxy) is 2. The Hall–Kier alpha value is -2.38. The number of hydrogen-bond donors (Lipinski definition) is 1. The van der Waals surface area contributed by atoms with Crippen LogP contribution in [0.15, 0.2) is 42.5 Å². The summed E-state index contributed by atoms with van der Waals surface area (Å²) in [5.41, 5.74) is 2.87. The lowest BCUT2D eigenvalue weighted by atomic mass is 10.2. The Kier molecular flexibility index (Phi) is 4.82. The summed E-state index contributed by atoms with van der Waals surface area (Å²) in [6.45, 7) is 2.04. The second-order valence-electron chi connectivity index (χ2n) is 5.06. The van der Waals surface area contributed by atoms with Gasteiger partial charge in [0, 0.05) is 6.07 Å². The van der Waals surface area contributed by atoms with E-state index in [1.54, 1.807) is 18.9 Å². The van der Waals surface area contributed by atoms with E-state index in [1.807, 2.05) is 49.4 Å². The molecule has 3 aromatic rings. The molecular formula is C17H17N3O2S2. The van der Waals surface area contributed by atoms with Gasteiger partial charge in [-0.1, -0.05) is 29.5 Å². The summed E-state index contributed by atoms with van der Waals surface area (Å²) in [6.07, 6.45) is 0. The highest BCUT2D eigenvalue weighted by atomic mass is 32.1. The maximum atomic E-state index is 5.46. The van der Waals surface area contributed by atoms with E-state index in [0.717, 1.165) is 22.7 Å². The lowest BCUT2D eigenvalue weighted by Gasteiger charge is -2.10. The van der Waals surface area contributed by atoms with E-state index in [2.05, 4.69) is 10.4 Å². The van der Waals surface area contributed by atoms with Crippen LogP contribution in [-0.2, 0) is 0 Å². The van der Waals surface area contributed by atoms with Crippen LogP contribution in [0.25, 0.3) is 5.69 Å². The number of aromatic nitrogens is 2. The summed E-state index contributed by atoms with van der Waals surface area (Å²) in [5, 5.41) is 8.54. The minimum Gasteiger partial charge on any atom is -0.497 e. The first-order chi connectivity index (χ1) is 11.6. The fourth-order valence-corrected chi connectivity index (χ4v) is 3.36. The van der Waals surface area contributed by atoms with Gasteiger partial charge < -0.3 is 14.8 Å². The van der Waals surface area contributed by atoms with E-state index in [0.29, 0.717) is 14.8 Å². The van der Waals surface area contributed by atoms with E-state index >= 15 is 0 Å². The normalized spacial score (nSPS) is 10.5. The second kappa shape index (κ2) is 7.02. The molecule has 7 heteroatoms. The van der Waals surface area contributed by atoms with E-state index in [1.165, 1.54) is 11.3 Å². The number of anilines is 2. The summed E-state index contributed by atoms with van der Waals surface area (Å²) in [4.78, 5) is 0. The fourth-order valence-electron chi connectivity index (χ4n) is 2.31. The zero-order valence-electron chi connectivity index (χ0n) is 13.6. The molecule has 2 aromatic carbocycles. The molecule has 24 heavy (non-hydrogen) atoms. The van der Waals surface area contributed by atoms with Gasteiger partial charge in [0.2, 0.25) is 5.13 Å². The van der Waals surface area contributed by atoms with Gasteiger partial charge in [-0.15, -0.1) is 5.10 Å². The third-order valence-corrected chi connectivity index (χ3v) is 4.69. The molecular weight excluding hydrogens is 342 g/mol. The number of nitrogens with one attached hydrogen (secondary N) is 1. The third-order valence-electron chi connectivity index (χ3n) is 3.54. The molecule has 0 aliphatic heterocycles. The highest BCUT2D eigenvalue weighted by Crippen LogP contribution is 2.32. The molecule has 0 saturated carbocycles. The molecule has 0 radical (unpaired) electrons. The number of para-hydroxylation sites is 1. The van der Waals surface area contributed by atoms with Crippen molar-refractivity contribution in [1.29, 1.82) is 0 Å². The van der Waals surface area contributed by atoms with Crippen molar-refractivity contribution in [2.75, 3.05) is 19.5 Å². The minimum atomic E-state index is 0.675. The van der Waals surface area contributed by atoms with E-state index in [9.17, 15) is 0 Å². The van der Waals surface area contributed by atoms with Crippen molar-refractivity contribution in [3.63, 3.8) is 0 Å². The average molecular weight is 359 g/mol. The molecule has 0 bridgehead atoms. The Morgan fingerprint density at radius 2 is 1.92 bits per heavy atom. The predicted molar refractivity (Wildman–Crippen MR) is 99.8 cm³/mol. The standard InChI is InChI=1S/C17H17N3O2S2/c1-11-6-4-5-7-14(11)20-17(23)24-16(19-20)18-13-10-12(21-2)8-9-15(13)22-3/h4-10H,1-3H3,(H,18,19). The van der Waals surface area contributed by atoms with Crippen LogP contribution in [0.3, 0.4) is 0 Å². The number of nitrogens with zero attached hydrogens (tertiary/aromatic N) is 2. The molecule has 0 amide bonds. The topological polar surface area (TPSA) is 48.3 Å². The Morgan fingerprint density at radius 1 is 1.12 bits per heavy atom. The molecule has 124 valence electrons. The van der Waals surface area contributed by atoms with Crippen LogP contribution in [0.1, 0.15) is 5.56 Å². The Morgan fingerprint density at radius 3 is 2.62 bits per heavy atom. The van der Waals surface area contributed by atoms with Gasteiger partial charge in [-0.2, -0.15) is 0 Å². The predicted octanol–water partition coefficient (Wildman–Crippen LogP) is 4.73. The van der Waals surface area contributed by atoms with Crippen LogP contribution in [-0.4, -0.2) is 24.0 Å². The first-order valence-electron chi connectivity index (χ1n) is 7.27. The second-order valence-corrected chi connectivity index (χ2v) is 6.69. The van der Waals surface area contributed by atoms with Gasteiger partial charge in [-0.05, 0) is 42.9 Å². The van der Waals surface area contributed by atoms with Crippen molar-refractivity contribution in [3.05, 3.63) is 52.0 Å². The third kappa shape index (κ3) is 3.27. The molecule has 1 aromatic heterocycles. The number of methoxy groups -OCH3 is 2. The van der Waals surface area contributed by atoms with Crippen molar-refractivity contribution in [3.8, 4) is 17.2 Å². The molecule has 1 N–H and O–H groups in total. The number of benzene rings is 2. The van der Waals surface area contributed by atoms with E-state index in [4.69, 9.17) is 21.7 Å². The molecule has 0 saturated heterocycles. The van der Waals surface area contributed by atoms with Crippen LogP contribution in [0.4, 0.5) is 10.8 Å². The van der Waals surface area contributed by atoms with Crippen LogP contribution in [0.5, 0.6) is 11.5 Å². The van der Waals surface area contributed by atoms with E-state index in [-0.39, 0.29) is 0 Å². The van der Waals surface area contributed by atoms with Gasteiger partial charge in [-0.25, -0.2) is 4.68 Å². The summed E-state index contributed by atoms with van der Waals surface area (Å²) in [6, 6.07) is 13.6. The van der Waals surface area contributed by atoms with Crippen molar-refractivity contribution in [2.45, 2.75) is 6.92 Å². The molecule has 0 spiro atoms. The van der Waals surface area contributed by atoms with Gasteiger partial charge in [0.1, 0.15) is 11.5 Å². The van der Waals surface area contributed by atoms with Crippen LogP contribution >= 0.6 is 23.6 Å². The fraction of sp³-hybridized carbons (Fsp3) is 0.176. The number of hydrogen-bond acceptors (Lipinski definition) is 6. The van der Waals surface area contributed by atoms with Crippen LogP contribution in [0.2, 0.25) is 0 Å². The maximum Gasteiger partial charge on any atom is 0.209 e. The molecule has 0 aliphatic carbocycles. The summed E-state index contributed by atoms with van der Waals surface area (Å²) < 4.78 is 13.1. The average Bonchev–Trinajstić information content (AvgIpc) is 2.95. The summed E-state index contributed by atoms with van der Waals surface area (Å²) in [7, 11) is 3.25. The summed E-state index contributed by atoms with van der Waals surface area (Å²) in [5.74, 6) is 1.44. The molecule has 3 rings (SSSR count). The first-order valence-corrected chi connectivity index (χ1v) is 8.50. The SMILES string of the molecule is COc1ccc(OC)c(Nc2nn(-c3ccccc3C)c(=S)s2)c1. The molecule has 0 unspecified atom stereocenters. The van der Waals surface area contributed by atoms with Gasteiger partial charge in [0.15, 0.2) is 3.95 Å². The Labute approximate surface area is 149 Å². The lowest BCUT2D eigenvalue weighted by Crippen LogP contribution is -2.00. The maximum absolute atomic E-state index is 5.46. The highest BCUT2D eigenvalue weighted by Gasteiger charge is 2.11. The number of rotatable bonds is 5. The zero-order chi connectivity index (χ0) is 17.1. The van der Waals surface area contributed by atoms with Crippen LogP contribution < -0.4 is 14.8 Å². The van der Waals surface area contributed by atoms with Gasteiger partial charge in [0.05, 0.1) is 25.6 Å². The van der Waals surface area contributed by atoms with Crippen LogP contribution in [0, 0.1) is 10.9 Å².